The fraction of sp³-hybridized carbons (Fsp3) is 0.154. The van der Waals surface area contributed by atoms with Gasteiger partial charge in [0.25, 0.3) is 0 Å². The Morgan fingerprint density at radius 2 is 2.22 bits per heavy atom. The molecule has 0 fully saturated rings. The van der Waals surface area contributed by atoms with E-state index in [0.717, 1.165) is 4.47 Å². The molecule has 0 saturated heterocycles. The molecule has 0 bridgehead atoms. The second-order valence-corrected chi connectivity index (χ2v) is 4.70. The van der Waals surface area contributed by atoms with Crippen LogP contribution in [0.5, 0.6) is 0 Å². The summed E-state index contributed by atoms with van der Waals surface area (Å²) in [6.45, 7) is 0. The molecule has 5 heteroatoms. The molecule has 0 amide bonds. The number of nitriles is 1. The molecule has 2 rings (SSSR count). The Bertz CT molecular complexity index is 627. The SMILES string of the molecule is Cn1cc(C(=O)C(C#N)c2ccccc2Br)cn1. The van der Waals surface area contributed by atoms with Gasteiger partial charge in [0, 0.05) is 17.7 Å². The lowest BCUT2D eigenvalue weighted by Gasteiger charge is -2.08. The van der Waals surface area contributed by atoms with Gasteiger partial charge in [-0.05, 0) is 11.6 Å². The van der Waals surface area contributed by atoms with Gasteiger partial charge in [-0.2, -0.15) is 10.4 Å². The number of aromatic nitrogens is 2. The first-order valence-corrected chi connectivity index (χ1v) is 6.09. The zero-order chi connectivity index (χ0) is 13.1. The lowest BCUT2D eigenvalue weighted by atomic mass is 9.93. The van der Waals surface area contributed by atoms with Crippen LogP contribution in [0.2, 0.25) is 0 Å². The number of ketones is 1. The van der Waals surface area contributed by atoms with Crippen LogP contribution in [0, 0.1) is 11.3 Å². The third-order valence-corrected chi connectivity index (χ3v) is 3.32. The number of rotatable bonds is 3. The fourth-order valence-corrected chi connectivity index (χ4v) is 2.21. The summed E-state index contributed by atoms with van der Waals surface area (Å²) >= 11 is 3.36. The predicted octanol–water partition coefficient (Wildman–Crippen LogP) is 2.67. The van der Waals surface area contributed by atoms with Crippen molar-refractivity contribution in [2.45, 2.75) is 5.92 Å². The minimum atomic E-state index is -0.815. The number of benzene rings is 1. The normalized spacial score (nSPS) is 11.8. The Hall–Kier alpha value is -1.93. The van der Waals surface area contributed by atoms with Crippen molar-refractivity contribution in [2.24, 2.45) is 7.05 Å². The average molecular weight is 304 g/mol. The summed E-state index contributed by atoms with van der Waals surface area (Å²) in [6.07, 6.45) is 3.09. The van der Waals surface area contributed by atoms with Crippen LogP contribution in [-0.2, 0) is 7.05 Å². The maximum atomic E-state index is 12.2. The Morgan fingerprint density at radius 1 is 1.50 bits per heavy atom. The van der Waals surface area contributed by atoms with Crippen LogP contribution in [0.3, 0.4) is 0 Å². The predicted molar refractivity (Wildman–Crippen MR) is 70.0 cm³/mol. The third-order valence-electron chi connectivity index (χ3n) is 2.60. The number of halogens is 1. The van der Waals surface area contributed by atoms with E-state index in [2.05, 4.69) is 27.1 Å². The molecule has 0 saturated carbocycles. The molecule has 1 unspecified atom stereocenters. The molecule has 0 spiro atoms. The smallest absolute Gasteiger partial charge is 0.187 e. The number of Topliss-reactive ketones (excluding diaryl/α,β-unsaturated/α-hetero) is 1. The first-order valence-electron chi connectivity index (χ1n) is 5.30. The summed E-state index contributed by atoms with van der Waals surface area (Å²) in [5.41, 5.74) is 1.12. The first kappa shape index (κ1) is 12.5. The van der Waals surface area contributed by atoms with Gasteiger partial charge in [0.1, 0.15) is 5.92 Å². The Kier molecular flexibility index (Phi) is 3.58. The first-order chi connectivity index (χ1) is 8.63. The topological polar surface area (TPSA) is 58.7 Å². The van der Waals surface area contributed by atoms with Crippen molar-refractivity contribution in [1.82, 2.24) is 9.78 Å². The van der Waals surface area contributed by atoms with Crippen molar-refractivity contribution in [3.8, 4) is 6.07 Å². The monoisotopic (exact) mass is 303 g/mol. The van der Waals surface area contributed by atoms with Crippen molar-refractivity contribution < 1.29 is 4.79 Å². The molecule has 0 radical (unpaired) electrons. The van der Waals surface area contributed by atoms with E-state index in [9.17, 15) is 10.1 Å². The molecule has 0 aliphatic heterocycles. The van der Waals surface area contributed by atoms with Crippen LogP contribution >= 0.6 is 15.9 Å². The highest BCUT2D eigenvalue weighted by Crippen LogP contribution is 2.27. The second kappa shape index (κ2) is 5.15. The Morgan fingerprint density at radius 3 is 2.78 bits per heavy atom. The van der Waals surface area contributed by atoms with Gasteiger partial charge in [0.15, 0.2) is 5.78 Å². The van der Waals surface area contributed by atoms with Gasteiger partial charge < -0.3 is 0 Å². The van der Waals surface area contributed by atoms with E-state index >= 15 is 0 Å². The number of aryl methyl sites for hydroxylation is 1. The molecule has 2 aromatic rings. The molecule has 1 atom stereocenters. The number of hydrogen-bond acceptors (Lipinski definition) is 3. The van der Waals surface area contributed by atoms with Crippen LogP contribution in [0.25, 0.3) is 0 Å². The number of carbonyl (C=O) groups is 1. The maximum absolute atomic E-state index is 12.2. The van der Waals surface area contributed by atoms with Crippen molar-refractivity contribution in [2.75, 3.05) is 0 Å². The van der Waals surface area contributed by atoms with Gasteiger partial charge >= 0.3 is 0 Å². The van der Waals surface area contributed by atoms with Gasteiger partial charge in [-0.25, -0.2) is 0 Å². The zero-order valence-electron chi connectivity index (χ0n) is 9.67. The van der Waals surface area contributed by atoms with Crippen molar-refractivity contribution in [3.63, 3.8) is 0 Å². The summed E-state index contributed by atoms with van der Waals surface area (Å²) in [4.78, 5) is 12.2. The molecule has 4 nitrogen and oxygen atoms in total. The van der Waals surface area contributed by atoms with E-state index in [1.807, 2.05) is 12.1 Å². The Balaban J connectivity index is 2.39. The van der Waals surface area contributed by atoms with E-state index < -0.39 is 5.92 Å². The largest absolute Gasteiger partial charge is 0.292 e. The van der Waals surface area contributed by atoms with Gasteiger partial charge in [-0.1, -0.05) is 34.1 Å². The molecule has 1 aromatic heterocycles. The quantitative estimate of drug-likeness (QED) is 0.819. The molecule has 0 N–H and O–H groups in total. The van der Waals surface area contributed by atoms with Crippen molar-refractivity contribution in [1.29, 1.82) is 5.26 Å². The molecule has 0 aliphatic carbocycles. The highest BCUT2D eigenvalue weighted by atomic mass is 79.9. The maximum Gasteiger partial charge on any atom is 0.187 e. The average Bonchev–Trinajstić information content (AvgIpc) is 2.79. The van der Waals surface area contributed by atoms with E-state index in [0.29, 0.717) is 11.1 Å². The molecular weight excluding hydrogens is 294 g/mol. The van der Waals surface area contributed by atoms with Crippen LogP contribution in [-0.4, -0.2) is 15.6 Å². The molecule has 0 aliphatic rings. The number of carbonyl (C=O) groups excluding carboxylic acids is 1. The van der Waals surface area contributed by atoms with Crippen LogP contribution in [0.1, 0.15) is 21.8 Å². The van der Waals surface area contributed by atoms with Crippen LogP contribution < -0.4 is 0 Å². The lowest BCUT2D eigenvalue weighted by Crippen LogP contribution is -2.11. The Labute approximate surface area is 113 Å². The zero-order valence-corrected chi connectivity index (χ0v) is 11.3. The minimum Gasteiger partial charge on any atom is -0.292 e. The molecular formula is C13H10BrN3O. The summed E-state index contributed by atoms with van der Waals surface area (Å²) in [6, 6.07) is 9.29. The minimum absolute atomic E-state index is 0.238. The van der Waals surface area contributed by atoms with Crippen LogP contribution in [0.15, 0.2) is 41.1 Å². The van der Waals surface area contributed by atoms with E-state index in [-0.39, 0.29) is 5.78 Å². The van der Waals surface area contributed by atoms with Crippen LogP contribution in [0.4, 0.5) is 0 Å². The molecule has 1 heterocycles. The number of nitrogens with zero attached hydrogens (tertiary/aromatic N) is 3. The van der Waals surface area contributed by atoms with Crippen molar-refractivity contribution >= 4 is 21.7 Å². The summed E-state index contributed by atoms with van der Waals surface area (Å²) < 4.78 is 2.30. The summed E-state index contributed by atoms with van der Waals surface area (Å²) in [5, 5.41) is 13.2. The highest BCUT2D eigenvalue weighted by molar-refractivity contribution is 9.10. The highest BCUT2D eigenvalue weighted by Gasteiger charge is 2.24. The standard InChI is InChI=1S/C13H10BrN3O/c1-17-8-9(7-16-17)13(18)11(6-15)10-4-2-3-5-12(10)14/h2-5,7-8,11H,1H3. The van der Waals surface area contributed by atoms with E-state index in [1.165, 1.54) is 6.20 Å². The van der Waals surface area contributed by atoms with Gasteiger partial charge in [0.2, 0.25) is 0 Å². The fourth-order valence-electron chi connectivity index (χ4n) is 1.69. The van der Waals surface area contributed by atoms with Gasteiger partial charge in [0.05, 0.1) is 17.8 Å². The molecule has 18 heavy (non-hydrogen) atoms. The lowest BCUT2D eigenvalue weighted by molar-refractivity contribution is 0.0978. The molecule has 90 valence electrons. The second-order valence-electron chi connectivity index (χ2n) is 3.85. The van der Waals surface area contributed by atoms with Gasteiger partial charge in [-0.15, -0.1) is 0 Å². The van der Waals surface area contributed by atoms with Crippen molar-refractivity contribution in [3.05, 3.63) is 52.3 Å². The number of hydrogen-bond donors (Lipinski definition) is 0. The van der Waals surface area contributed by atoms with E-state index in [4.69, 9.17) is 0 Å². The van der Waals surface area contributed by atoms with E-state index in [1.54, 1.807) is 30.1 Å². The third kappa shape index (κ3) is 2.34. The molecule has 1 aromatic carbocycles. The summed E-state index contributed by atoms with van der Waals surface area (Å²) in [7, 11) is 1.73. The van der Waals surface area contributed by atoms with Gasteiger partial charge in [-0.3, -0.25) is 9.48 Å². The summed E-state index contributed by atoms with van der Waals surface area (Å²) in [5.74, 6) is -1.05.